The Hall–Kier alpha value is -2.71. The van der Waals surface area contributed by atoms with E-state index >= 15 is 0 Å². The average Bonchev–Trinajstić information content (AvgIpc) is 3.49. The van der Waals surface area contributed by atoms with Gasteiger partial charge in [0.05, 0.1) is 11.2 Å². The Kier molecular flexibility index (Phi) is 5.97. The lowest BCUT2D eigenvalue weighted by molar-refractivity contribution is -0.134. The molecule has 3 amide bonds. The number of urea groups is 1. The Morgan fingerprint density at radius 3 is 2.70 bits per heavy atom. The van der Waals surface area contributed by atoms with Gasteiger partial charge in [-0.05, 0) is 62.7 Å². The van der Waals surface area contributed by atoms with Gasteiger partial charge in [0.15, 0.2) is 0 Å². The molecule has 2 N–H and O–H groups in total. The molecule has 174 valence electrons. The van der Waals surface area contributed by atoms with Crippen LogP contribution in [0.15, 0.2) is 35.8 Å². The molecule has 1 aromatic carbocycles. The number of carbonyl (C=O) groups is 2. The topological polar surface area (TPSA) is 81.3 Å². The predicted molar refractivity (Wildman–Crippen MR) is 130 cm³/mol. The van der Waals surface area contributed by atoms with E-state index in [-0.39, 0.29) is 17.9 Å². The molecule has 2 aliphatic heterocycles. The summed E-state index contributed by atoms with van der Waals surface area (Å²) in [7, 11) is 0. The lowest BCUT2D eigenvalue weighted by Crippen LogP contribution is -2.55. The minimum Gasteiger partial charge on any atom is -0.357 e. The van der Waals surface area contributed by atoms with Gasteiger partial charge >= 0.3 is 6.03 Å². The Balaban J connectivity index is 1.22. The van der Waals surface area contributed by atoms with Crippen LogP contribution in [0.3, 0.4) is 0 Å². The maximum absolute atomic E-state index is 13.5. The molecule has 2 fully saturated rings. The highest BCUT2D eigenvalue weighted by Crippen LogP contribution is 2.36. The number of fused-ring (bicyclic) bond motifs is 1. The number of nitrogens with zero attached hydrogens (tertiary/aromatic N) is 3. The zero-order valence-corrected chi connectivity index (χ0v) is 20.1. The second-order valence-electron chi connectivity index (χ2n) is 9.26. The summed E-state index contributed by atoms with van der Waals surface area (Å²) in [5.41, 5.74) is 4.41. The maximum atomic E-state index is 13.5. The van der Waals surface area contributed by atoms with Gasteiger partial charge in [0.25, 0.3) is 5.91 Å². The van der Waals surface area contributed by atoms with Crippen molar-refractivity contribution in [1.82, 2.24) is 25.1 Å². The molecule has 0 saturated carbocycles. The third-order valence-corrected chi connectivity index (χ3v) is 8.43. The Morgan fingerprint density at radius 2 is 2.00 bits per heavy atom. The fourth-order valence-corrected chi connectivity index (χ4v) is 6.25. The zero-order chi connectivity index (χ0) is 23.0. The molecule has 33 heavy (non-hydrogen) atoms. The van der Waals surface area contributed by atoms with E-state index in [1.807, 2.05) is 25.4 Å². The molecule has 2 aromatic heterocycles. The number of H-pyrrole nitrogens is 1. The van der Waals surface area contributed by atoms with Crippen molar-refractivity contribution in [3.8, 4) is 0 Å². The van der Waals surface area contributed by atoms with Gasteiger partial charge in [0, 0.05) is 35.6 Å². The summed E-state index contributed by atoms with van der Waals surface area (Å²) in [6.45, 7) is 7.12. The zero-order valence-electron chi connectivity index (χ0n) is 19.3. The van der Waals surface area contributed by atoms with Crippen LogP contribution in [0.5, 0.6) is 0 Å². The van der Waals surface area contributed by atoms with Crippen LogP contribution in [-0.4, -0.2) is 56.9 Å². The first-order chi connectivity index (χ1) is 16.0. The number of aromatic nitrogens is 2. The second kappa shape index (κ2) is 8.91. The van der Waals surface area contributed by atoms with Gasteiger partial charge in [-0.1, -0.05) is 25.1 Å². The molecule has 0 aliphatic carbocycles. The number of para-hydroxylation sites is 1. The molecule has 5 rings (SSSR count). The van der Waals surface area contributed by atoms with Gasteiger partial charge < -0.3 is 10.3 Å². The standard InChI is InChI=1S/C25H31N5O2S/c1-3-25(23(31)30(24(32)28-25)13-10-22-17(2)26-16-33-22)19-8-11-29(12-9-19)15-20-14-18-6-4-5-7-21(18)27-20/h4-7,14,16,19,27H,3,8-13,15H2,1-2H3,(H,28,32)/t25-/m0/s1. The number of carbonyl (C=O) groups excluding carboxylic acids is 2. The monoisotopic (exact) mass is 465 g/mol. The molecule has 7 nitrogen and oxygen atoms in total. The van der Waals surface area contributed by atoms with E-state index in [0.717, 1.165) is 43.0 Å². The van der Waals surface area contributed by atoms with Crippen molar-refractivity contribution in [2.45, 2.75) is 51.6 Å². The molecule has 1 atom stereocenters. The van der Waals surface area contributed by atoms with Crippen LogP contribution in [0.1, 0.15) is 42.5 Å². The first kappa shape index (κ1) is 22.1. The third-order valence-electron chi connectivity index (χ3n) is 7.43. The van der Waals surface area contributed by atoms with Crippen LogP contribution in [-0.2, 0) is 17.8 Å². The number of hydrogen-bond acceptors (Lipinski definition) is 5. The number of thiazole rings is 1. The lowest BCUT2D eigenvalue weighted by Gasteiger charge is -2.40. The minimum absolute atomic E-state index is 0.0498. The molecule has 2 saturated heterocycles. The summed E-state index contributed by atoms with van der Waals surface area (Å²) in [5, 5.41) is 4.35. The summed E-state index contributed by atoms with van der Waals surface area (Å²) in [6.07, 6.45) is 3.10. The highest BCUT2D eigenvalue weighted by atomic mass is 32.1. The van der Waals surface area contributed by atoms with Crippen molar-refractivity contribution >= 4 is 34.2 Å². The first-order valence-corrected chi connectivity index (χ1v) is 12.7. The van der Waals surface area contributed by atoms with Crippen molar-refractivity contribution in [3.63, 3.8) is 0 Å². The largest absolute Gasteiger partial charge is 0.357 e. The van der Waals surface area contributed by atoms with Gasteiger partial charge in [-0.3, -0.25) is 14.6 Å². The van der Waals surface area contributed by atoms with Crippen molar-refractivity contribution in [2.24, 2.45) is 5.92 Å². The van der Waals surface area contributed by atoms with Gasteiger partial charge in [0.1, 0.15) is 5.54 Å². The highest BCUT2D eigenvalue weighted by molar-refractivity contribution is 7.09. The van der Waals surface area contributed by atoms with E-state index in [1.54, 1.807) is 11.3 Å². The number of amides is 3. The Bertz CT molecular complexity index is 1130. The Labute approximate surface area is 198 Å². The molecule has 0 spiro atoms. The normalized spacial score (nSPS) is 22.4. The number of imide groups is 1. The predicted octanol–water partition coefficient (Wildman–Crippen LogP) is 4.09. The van der Waals surface area contributed by atoms with Gasteiger partial charge in [-0.15, -0.1) is 11.3 Å². The van der Waals surface area contributed by atoms with Crippen molar-refractivity contribution in [1.29, 1.82) is 0 Å². The molecule has 4 heterocycles. The summed E-state index contributed by atoms with van der Waals surface area (Å²) in [6, 6.07) is 10.3. The number of aromatic amines is 1. The van der Waals surface area contributed by atoms with Crippen molar-refractivity contribution < 1.29 is 9.59 Å². The molecular formula is C25H31N5O2S. The van der Waals surface area contributed by atoms with E-state index < -0.39 is 5.54 Å². The van der Waals surface area contributed by atoms with E-state index in [4.69, 9.17) is 0 Å². The molecule has 0 bridgehead atoms. The van der Waals surface area contributed by atoms with E-state index in [2.05, 4.69) is 44.5 Å². The van der Waals surface area contributed by atoms with E-state index in [1.165, 1.54) is 21.5 Å². The van der Waals surface area contributed by atoms with Crippen LogP contribution < -0.4 is 5.32 Å². The fourth-order valence-electron chi connectivity index (χ4n) is 5.48. The lowest BCUT2D eigenvalue weighted by atomic mass is 9.75. The SMILES string of the molecule is CC[C@@]1(C2CCN(Cc3cc4ccccc4[nH]3)CC2)NC(=O)N(CCc2scnc2C)C1=O. The van der Waals surface area contributed by atoms with Gasteiger partial charge in [-0.2, -0.15) is 0 Å². The van der Waals surface area contributed by atoms with Crippen LogP contribution in [0.2, 0.25) is 0 Å². The summed E-state index contributed by atoms with van der Waals surface area (Å²) >= 11 is 1.58. The smallest absolute Gasteiger partial charge is 0.325 e. The number of hydrogen-bond donors (Lipinski definition) is 2. The molecular weight excluding hydrogens is 434 g/mol. The number of benzene rings is 1. The first-order valence-electron chi connectivity index (χ1n) is 11.8. The average molecular weight is 466 g/mol. The van der Waals surface area contributed by atoms with Crippen molar-refractivity contribution in [2.75, 3.05) is 19.6 Å². The fraction of sp³-hybridized carbons (Fsp3) is 0.480. The van der Waals surface area contributed by atoms with Gasteiger partial charge in [-0.25, -0.2) is 9.78 Å². The third kappa shape index (κ3) is 4.06. The number of aryl methyl sites for hydroxylation is 1. The Morgan fingerprint density at radius 1 is 1.21 bits per heavy atom. The molecule has 3 aromatic rings. The number of rotatable bonds is 7. The summed E-state index contributed by atoms with van der Waals surface area (Å²) < 4.78 is 0. The molecule has 0 unspecified atom stereocenters. The van der Waals surface area contributed by atoms with Crippen LogP contribution >= 0.6 is 11.3 Å². The maximum Gasteiger partial charge on any atom is 0.325 e. The molecule has 8 heteroatoms. The summed E-state index contributed by atoms with van der Waals surface area (Å²) in [5.74, 6) is 0.110. The minimum atomic E-state index is -0.771. The van der Waals surface area contributed by atoms with E-state index in [0.29, 0.717) is 19.4 Å². The summed E-state index contributed by atoms with van der Waals surface area (Å²) in [4.78, 5) is 39.1. The van der Waals surface area contributed by atoms with Crippen LogP contribution in [0.4, 0.5) is 4.79 Å². The number of nitrogens with one attached hydrogen (secondary N) is 2. The number of likely N-dealkylation sites (tertiary alicyclic amines) is 1. The second-order valence-corrected chi connectivity index (χ2v) is 10.2. The molecule has 0 radical (unpaired) electrons. The number of piperidine rings is 1. The molecule has 2 aliphatic rings. The van der Waals surface area contributed by atoms with Crippen LogP contribution in [0.25, 0.3) is 10.9 Å². The highest BCUT2D eigenvalue weighted by Gasteiger charge is 2.54. The van der Waals surface area contributed by atoms with Crippen molar-refractivity contribution in [3.05, 3.63) is 52.1 Å². The van der Waals surface area contributed by atoms with Gasteiger partial charge in [0.2, 0.25) is 0 Å². The van der Waals surface area contributed by atoms with E-state index in [9.17, 15) is 9.59 Å². The van der Waals surface area contributed by atoms with Crippen LogP contribution in [0, 0.1) is 12.8 Å². The quantitative estimate of drug-likeness (QED) is 0.515.